The molecule has 1 aliphatic heterocycles. The number of methoxy groups -OCH3 is 2. The minimum Gasteiger partial charge on any atom is -0.493 e. The maximum absolute atomic E-state index is 5.83. The predicted molar refractivity (Wildman–Crippen MR) is 117 cm³/mol. The number of hydrogen-bond acceptors (Lipinski definition) is 3. The molecule has 0 radical (unpaired) electrons. The molecular formula is C25H30N2O2. The van der Waals surface area contributed by atoms with Crippen LogP contribution in [0.4, 0.5) is 0 Å². The normalized spacial score (nSPS) is 16.9. The third-order valence-electron chi connectivity index (χ3n) is 5.75. The van der Waals surface area contributed by atoms with Crippen molar-refractivity contribution in [3.63, 3.8) is 0 Å². The molecule has 0 aliphatic carbocycles. The van der Waals surface area contributed by atoms with Gasteiger partial charge < -0.3 is 14.0 Å². The number of fused-ring (bicyclic) bond motifs is 1. The van der Waals surface area contributed by atoms with Crippen molar-refractivity contribution in [2.45, 2.75) is 39.4 Å². The molecule has 1 atom stereocenters. The van der Waals surface area contributed by atoms with Gasteiger partial charge in [-0.15, -0.1) is 0 Å². The molecule has 0 N–H and O–H groups in total. The van der Waals surface area contributed by atoms with Gasteiger partial charge >= 0.3 is 0 Å². The van der Waals surface area contributed by atoms with Crippen LogP contribution < -0.4 is 9.47 Å². The van der Waals surface area contributed by atoms with Crippen LogP contribution in [0.1, 0.15) is 40.4 Å². The molecule has 0 spiro atoms. The van der Waals surface area contributed by atoms with E-state index in [-0.39, 0.29) is 6.04 Å². The van der Waals surface area contributed by atoms with Gasteiger partial charge in [0.05, 0.1) is 20.3 Å². The van der Waals surface area contributed by atoms with Crippen LogP contribution >= 0.6 is 0 Å². The summed E-state index contributed by atoms with van der Waals surface area (Å²) in [6.45, 7) is 7.31. The second-order valence-corrected chi connectivity index (χ2v) is 7.93. The Morgan fingerprint density at radius 2 is 1.72 bits per heavy atom. The van der Waals surface area contributed by atoms with Gasteiger partial charge in [-0.2, -0.15) is 0 Å². The van der Waals surface area contributed by atoms with Gasteiger partial charge in [-0.3, -0.25) is 4.90 Å². The van der Waals surface area contributed by atoms with E-state index in [1.165, 1.54) is 22.4 Å². The third kappa shape index (κ3) is 3.90. The van der Waals surface area contributed by atoms with Gasteiger partial charge in [0.15, 0.2) is 11.5 Å². The van der Waals surface area contributed by atoms with E-state index in [2.05, 4.69) is 72.0 Å². The summed E-state index contributed by atoms with van der Waals surface area (Å²) < 4.78 is 13.8. The third-order valence-corrected chi connectivity index (χ3v) is 5.75. The van der Waals surface area contributed by atoms with Crippen LogP contribution in [0.3, 0.4) is 0 Å². The van der Waals surface area contributed by atoms with Crippen molar-refractivity contribution in [2.24, 2.45) is 0 Å². The zero-order chi connectivity index (χ0) is 20.4. The number of rotatable bonds is 5. The number of aromatic nitrogens is 1. The van der Waals surface area contributed by atoms with Gasteiger partial charge in [0, 0.05) is 37.1 Å². The lowest BCUT2D eigenvalue weighted by atomic mass is 9.98. The predicted octanol–water partition coefficient (Wildman–Crippen LogP) is 5.12. The Labute approximate surface area is 173 Å². The first kappa shape index (κ1) is 19.6. The first-order valence-corrected chi connectivity index (χ1v) is 10.3. The topological polar surface area (TPSA) is 26.6 Å². The minimum absolute atomic E-state index is 0.110. The summed E-state index contributed by atoms with van der Waals surface area (Å²) in [7, 11) is 3.43. The van der Waals surface area contributed by atoms with E-state index in [1.807, 2.05) is 6.07 Å². The molecule has 0 unspecified atom stereocenters. The van der Waals surface area contributed by atoms with Crippen LogP contribution in [-0.2, 0) is 13.1 Å². The van der Waals surface area contributed by atoms with E-state index >= 15 is 0 Å². The lowest BCUT2D eigenvalue weighted by molar-refractivity contribution is 0.215. The van der Waals surface area contributed by atoms with Gasteiger partial charge in [0.1, 0.15) is 0 Å². The molecule has 29 heavy (non-hydrogen) atoms. The fraction of sp³-hybridized carbons (Fsp3) is 0.360. The van der Waals surface area contributed by atoms with Crippen molar-refractivity contribution in [1.29, 1.82) is 0 Å². The first-order chi connectivity index (χ1) is 14.1. The maximum Gasteiger partial charge on any atom is 0.165 e. The van der Waals surface area contributed by atoms with Gasteiger partial charge in [-0.05, 0) is 44.0 Å². The quantitative estimate of drug-likeness (QED) is 0.605. The zero-order valence-electron chi connectivity index (χ0n) is 17.8. The summed E-state index contributed by atoms with van der Waals surface area (Å²) >= 11 is 0. The molecule has 152 valence electrons. The van der Waals surface area contributed by atoms with Crippen LogP contribution in [0.15, 0.2) is 54.7 Å². The van der Waals surface area contributed by atoms with Crippen molar-refractivity contribution in [1.82, 2.24) is 9.47 Å². The van der Waals surface area contributed by atoms with Gasteiger partial charge in [0.2, 0.25) is 0 Å². The molecule has 0 amide bonds. The van der Waals surface area contributed by atoms with E-state index in [1.54, 1.807) is 14.2 Å². The molecule has 0 bridgehead atoms. The standard InChI is InChI=1S/C25H30N2O2/c1-18-14-19(2)16-20(15-18)17-27-13-7-12-26-11-6-9-22(26)24(27)21-8-5-10-23(28-3)25(21)29-4/h5-6,8-11,14-16,24H,7,12-13,17H2,1-4H3/t24-/m0/s1. The molecular weight excluding hydrogens is 360 g/mol. The zero-order valence-corrected chi connectivity index (χ0v) is 17.8. The average molecular weight is 391 g/mol. The minimum atomic E-state index is 0.110. The summed E-state index contributed by atoms with van der Waals surface area (Å²) in [6, 6.07) is 17.5. The fourth-order valence-corrected chi connectivity index (χ4v) is 4.69. The fourth-order valence-electron chi connectivity index (χ4n) is 4.69. The molecule has 1 aliphatic rings. The Kier molecular flexibility index (Phi) is 5.63. The van der Waals surface area contributed by atoms with E-state index < -0.39 is 0 Å². The van der Waals surface area contributed by atoms with Crippen LogP contribution in [0.2, 0.25) is 0 Å². The second kappa shape index (κ2) is 8.34. The number of benzene rings is 2. The Morgan fingerprint density at radius 1 is 0.931 bits per heavy atom. The van der Waals surface area contributed by atoms with Gasteiger partial charge in [-0.25, -0.2) is 0 Å². The summed E-state index contributed by atoms with van der Waals surface area (Å²) in [5.41, 5.74) is 6.44. The highest BCUT2D eigenvalue weighted by atomic mass is 16.5. The highest BCUT2D eigenvalue weighted by Crippen LogP contribution is 2.41. The summed E-state index contributed by atoms with van der Waals surface area (Å²) in [5, 5.41) is 0. The Morgan fingerprint density at radius 3 is 2.45 bits per heavy atom. The lowest BCUT2D eigenvalue weighted by Crippen LogP contribution is -2.30. The molecule has 1 aromatic heterocycles. The van der Waals surface area contributed by atoms with Gasteiger partial charge in [0.25, 0.3) is 0 Å². The molecule has 2 heterocycles. The van der Waals surface area contributed by atoms with Crippen molar-refractivity contribution in [3.05, 3.63) is 82.7 Å². The monoisotopic (exact) mass is 390 g/mol. The van der Waals surface area contributed by atoms with E-state index in [9.17, 15) is 0 Å². The van der Waals surface area contributed by atoms with Crippen molar-refractivity contribution in [3.8, 4) is 11.5 Å². The molecule has 0 fully saturated rings. The second-order valence-electron chi connectivity index (χ2n) is 7.93. The molecule has 4 heteroatoms. The highest BCUT2D eigenvalue weighted by Gasteiger charge is 2.30. The maximum atomic E-state index is 5.83. The summed E-state index contributed by atoms with van der Waals surface area (Å²) in [6.07, 6.45) is 3.31. The highest BCUT2D eigenvalue weighted by molar-refractivity contribution is 5.50. The number of para-hydroxylation sites is 1. The molecule has 0 saturated heterocycles. The Hall–Kier alpha value is -2.72. The molecule has 2 aromatic carbocycles. The number of ether oxygens (including phenoxy) is 2. The average Bonchev–Trinajstić information content (AvgIpc) is 3.08. The first-order valence-electron chi connectivity index (χ1n) is 10.3. The SMILES string of the molecule is COc1cccc([C@H]2c3cccn3CCCN2Cc2cc(C)cc(C)c2)c1OC. The van der Waals surface area contributed by atoms with Crippen molar-refractivity contribution < 1.29 is 9.47 Å². The van der Waals surface area contributed by atoms with Crippen molar-refractivity contribution in [2.75, 3.05) is 20.8 Å². The number of aryl methyl sites for hydroxylation is 3. The number of nitrogens with zero attached hydrogens (tertiary/aromatic N) is 2. The Bertz CT molecular complexity index is 972. The van der Waals surface area contributed by atoms with Crippen LogP contribution in [-0.4, -0.2) is 30.2 Å². The van der Waals surface area contributed by atoms with Crippen molar-refractivity contribution >= 4 is 0 Å². The van der Waals surface area contributed by atoms with E-state index in [0.717, 1.165) is 43.1 Å². The summed E-state index contributed by atoms with van der Waals surface area (Å²) in [5.74, 6) is 1.60. The van der Waals surface area contributed by atoms with Crippen LogP contribution in [0.25, 0.3) is 0 Å². The molecule has 3 aromatic rings. The largest absolute Gasteiger partial charge is 0.493 e. The van der Waals surface area contributed by atoms with Crippen LogP contribution in [0, 0.1) is 13.8 Å². The van der Waals surface area contributed by atoms with E-state index in [0.29, 0.717) is 0 Å². The smallest absolute Gasteiger partial charge is 0.165 e. The Balaban J connectivity index is 1.82. The summed E-state index contributed by atoms with van der Waals surface area (Å²) in [4.78, 5) is 2.57. The lowest BCUT2D eigenvalue weighted by Gasteiger charge is -2.32. The molecule has 4 nitrogen and oxygen atoms in total. The van der Waals surface area contributed by atoms with Crippen LogP contribution in [0.5, 0.6) is 11.5 Å². The number of hydrogen-bond donors (Lipinski definition) is 0. The molecule has 0 saturated carbocycles. The molecule has 4 rings (SSSR count). The van der Waals surface area contributed by atoms with E-state index in [4.69, 9.17) is 9.47 Å². The van der Waals surface area contributed by atoms with Gasteiger partial charge in [-0.1, -0.05) is 41.5 Å².